The van der Waals surface area contributed by atoms with Crippen molar-refractivity contribution in [3.8, 4) is 11.1 Å². The van der Waals surface area contributed by atoms with Gasteiger partial charge in [0.1, 0.15) is 0 Å². The Morgan fingerprint density at radius 2 is 1.67 bits per heavy atom. The molecule has 0 fully saturated rings. The molecule has 0 aromatic heterocycles. The Morgan fingerprint density at radius 1 is 0.958 bits per heavy atom. The van der Waals surface area contributed by atoms with E-state index in [0.717, 1.165) is 42.7 Å². The highest BCUT2D eigenvalue weighted by molar-refractivity contribution is 5.94. The number of rotatable bonds is 9. The lowest BCUT2D eigenvalue weighted by molar-refractivity contribution is 0.129. The van der Waals surface area contributed by atoms with Crippen LogP contribution in [0.25, 0.3) is 11.1 Å². The number of hydrogen-bond donors (Lipinski definition) is 2. The largest absolute Gasteiger partial charge is 0.381 e. The Morgan fingerprint density at radius 3 is 2.46 bits per heavy atom. The third kappa shape index (κ3) is 6.05. The zero-order valence-corrected chi connectivity index (χ0v) is 14.3. The van der Waals surface area contributed by atoms with Gasteiger partial charge in [0, 0.05) is 25.3 Å². The van der Waals surface area contributed by atoms with Crippen LogP contribution in [0.15, 0.2) is 54.6 Å². The normalized spacial score (nSPS) is 10.4. The summed E-state index contributed by atoms with van der Waals surface area (Å²) in [7, 11) is 0. The molecule has 0 atom stereocenters. The lowest BCUT2D eigenvalue weighted by Crippen LogP contribution is -2.30. The van der Waals surface area contributed by atoms with E-state index in [1.54, 1.807) is 0 Å². The smallest absolute Gasteiger partial charge is 0.319 e. The standard InChI is InChI=1S/C20H26N2O2/c1-2-3-15-24-16-9-14-21-20(23)22-19-13-8-7-12-18(19)17-10-5-4-6-11-17/h4-8,10-13H,2-3,9,14-16H2,1H3,(H2,21,22,23). The van der Waals surface area contributed by atoms with Crippen LogP contribution in [0, 0.1) is 0 Å². The highest BCUT2D eigenvalue weighted by Crippen LogP contribution is 2.27. The van der Waals surface area contributed by atoms with E-state index >= 15 is 0 Å². The summed E-state index contributed by atoms with van der Waals surface area (Å²) in [5.41, 5.74) is 2.90. The number of hydrogen-bond acceptors (Lipinski definition) is 2. The average molecular weight is 326 g/mol. The quantitative estimate of drug-likeness (QED) is 0.657. The molecule has 0 aliphatic carbocycles. The SMILES string of the molecule is CCCCOCCCNC(=O)Nc1ccccc1-c1ccccc1. The minimum atomic E-state index is -0.188. The first-order chi connectivity index (χ1) is 11.8. The molecule has 0 unspecified atom stereocenters. The maximum absolute atomic E-state index is 12.1. The lowest BCUT2D eigenvalue weighted by atomic mass is 10.0. The molecular weight excluding hydrogens is 300 g/mol. The van der Waals surface area contributed by atoms with Crippen molar-refractivity contribution in [1.29, 1.82) is 0 Å². The molecular formula is C20H26N2O2. The summed E-state index contributed by atoms with van der Waals surface area (Å²) in [4.78, 5) is 12.1. The Labute approximate surface area is 144 Å². The third-order valence-corrected chi connectivity index (χ3v) is 3.65. The van der Waals surface area contributed by atoms with Crippen LogP contribution in [0.2, 0.25) is 0 Å². The van der Waals surface area contributed by atoms with Crippen LogP contribution in [-0.2, 0) is 4.74 Å². The number of anilines is 1. The van der Waals surface area contributed by atoms with E-state index in [0.29, 0.717) is 13.2 Å². The first-order valence-corrected chi connectivity index (χ1v) is 8.58. The van der Waals surface area contributed by atoms with E-state index in [1.807, 2.05) is 54.6 Å². The van der Waals surface area contributed by atoms with Gasteiger partial charge in [-0.05, 0) is 24.5 Å². The van der Waals surface area contributed by atoms with Gasteiger partial charge in [-0.25, -0.2) is 4.79 Å². The van der Waals surface area contributed by atoms with Crippen molar-refractivity contribution in [3.05, 3.63) is 54.6 Å². The summed E-state index contributed by atoms with van der Waals surface area (Å²) < 4.78 is 5.48. The van der Waals surface area contributed by atoms with Gasteiger partial charge in [-0.3, -0.25) is 0 Å². The summed E-state index contributed by atoms with van der Waals surface area (Å²) in [5.74, 6) is 0. The lowest BCUT2D eigenvalue weighted by Gasteiger charge is -2.12. The van der Waals surface area contributed by atoms with E-state index in [4.69, 9.17) is 4.74 Å². The van der Waals surface area contributed by atoms with E-state index in [2.05, 4.69) is 17.6 Å². The van der Waals surface area contributed by atoms with Crippen molar-refractivity contribution < 1.29 is 9.53 Å². The fourth-order valence-corrected chi connectivity index (χ4v) is 2.35. The van der Waals surface area contributed by atoms with E-state index < -0.39 is 0 Å². The second-order valence-electron chi connectivity index (χ2n) is 5.61. The van der Waals surface area contributed by atoms with E-state index in [1.165, 1.54) is 0 Å². The second-order valence-corrected chi connectivity index (χ2v) is 5.61. The van der Waals surface area contributed by atoms with Gasteiger partial charge in [0.15, 0.2) is 0 Å². The minimum absolute atomic E-state index is 0.188. The van der Waals surface area contributed by atoms with Gasteiger partial charge >= 0.3 is 6.03 Å². The molecule has 2 amide bonds. The van der Waals surface area contributed by atoms with E-state index in [-0.39, 0.29) is 6.03 Å². The summed E-state index contributed by atoms with van der Waals surface area (Å²) >= 11 is 0. The van der Waals surface area contributed by atoms with Crippen molar-refractivity contribution >= 4 is 11.7 Å². The fraction of sp³-hybridized carbons (Fsp3) is 0.350. The highest BCUT2D eigenvalue weighted by atomic mass is 16.5. The number of unbranched alkanes of at least 4 members (excludes halogenated alkanes) is 1. The van der Waals surface area contributed by atoms with Gasteiger partial charge in [0.25, 0.3) is 0 Å². The Hall–Kier alpha value is -2.33. The van der Waals surface area contributed by atoms with Gasteiger partial charge in [-0.1, -0.05) is 61.9 Å². The summed E-state index contributed by atoms with van der Waals surface area (Å²) in [6.07, 6.45) is 3.04. The third-order valence-electron chi connectivity index (χ3n) is 3.65. The molecule has 0 saturated carbocycles. The average Bonchev–Trinajstić information content (AvgIpc) is 2.62. The van der Waals surface area contributed by atoms with Crippen LogP contribution in [-0.4, -0.2) is 25.8 Å². The first kappa shape index (κ1) is 18.0. The highest BCUT2D eigenvalue weighted by Gasteiger charge is 2.07. The van der Waals surface area contributed by atoms with Crippen molar-refractivity contribution in [2.24, 2.45) is 0 Å². The van der Waals surface area contributed by atoms with Crippen molar-refractivity contribution in [1.82, 2.24) is 5.32 Å². The van der Waals surface area contributed by atoms with Crippen LogP contribution in [0.1, 0.15) is 26.2 Å². The topological polar surface area (TPSA) is 50.4 Å². The van der Waals surface area contributed by atoms with Crippen molar-refractivity contribution in [2.75, 3.05) is 25.1 Å². The summed E-state index contributed by atoms with van der Waals surface area (Å²) in [6, 6.07) is 17.7. The zero-order valence-electron chi connectivity index (χ0n) is 14.3. The summed E-state index contributed by atoms with van der Waals surface area (Å²) in [6.45, 7) is 4.22. The van der Waals surface area contributed by atoms with Gasteiger partial charge in [-0.15, -0.1) is 0 Å². The van der Waals surface area contributed by atoms with E-state index in [9.17, 15) is 4.79 Å². The Balaban J connectivity index is 1.80. The molecule has 0 aliphatic rings. The molecule has 2 rings (SSSR count). The zero-order chi connectivity index (χ0) is 17.0. The van der Waals surface area contributed by atoms with Gasteiger partial charge in [-0.2, -0.15) is 0 Å². The number of carbonyl (C=O) groups excluding carboxylic acids is 1. The van der Waals surface area contributed by atoms with Gasteiger partial charge < -0.3 is 15.4 Å². The van der Waals surface area contributed by atoms with Crippen molar-refractivity contribution in [3.63, 3.8) is 0 Å². The predicted molar refractivity (Wildman–Crippen MR) is 99.2 cm³/mol. The predicted octanol–water partition coefficient (Wildman–Crippen LogP) is 4.68. The summed E-state index contributed by atoms with van der Waals surface area (Å²) in [5, 5.41) is 5.80. The van der Waals surface area contributed by atoms with Crippen LogP contribution in [0.5, 0.6) is 0 Å². The molecule has 4 heteroatoms. The van der Waals surface area contributed by atoms with Crippen molar-refractivity contribution in [2.45, 2.75) is 26.2 Å². The molecule has 2 aromatic rings. The number of urea groups is 1. The number of carbonyl (C=O) groups is 1. The number of nitrogens with one attached hydrogen (secondary N) is 2. The minimum Gasteiger partial charge on any atom is -0.381 e. The number of ether oxygens (including phenoxy) is 1. The molecule has 128 valence electrons. The molecule has 0 bridgehead atoms. The molecule has 4 nitrogen and oxygen atoms in total. The van der Waals surface area contributed by atoms with Crippen LogP contribution >= 0.6 is 0 Å². The molecule has 0 spiro atoms. The van der Waals surface area contributed by atoms with Crippen LogP contribution in [0.4, 0.5) is 10.5 Å². The molecule has 2 N–H and O–H groups in total. The van der Waals surface area contributed by atoms with Gasteiger partial charge in [0.05, 0.1) is 5.69 Å². The van der Waals surface area contributed by atoms with Crippen LogP contribution in [0.3, 0.4) is 0 Å². The Bertz CT molecular complexity index is 614. The fourth-order valence-electron chi connectivity index (χ4n) is 2.35. The maximum Gasteiger partial charge on any atom is 0.319 e. The second kappa shape index (κ2) is 10.4. The maximum atomic E-state index is 12.1. The molecule has 0 radical (unpaired) electrons. The van der Waals surface area contributed by atoms with Crippen LogP contribution < -0.4 is 10.6 Å². The molecule has 0 heterocycles. The molecule has 24 heavy (non-hydrogen) atoms. The number of benzene rings is 2. The first-order valence-electron chi connectivity index (χ1n) is 8.58. The number of para-hydroxylation sites is 1. The monoisotopic (exact) mass is 326 g/mol. The van der Waals surface area contributed by atoms with Gasteiger partial charge in [0.2, 0.25) is 0 Å². The molecule has 2 aromatic carbocycles. The number of amides is 2. The molecule has 0 saturated heterocycles. The molecule has 0 aliphatic heterocycles. The Kier molecular flexibility index (Phi) is 7.84.